The molecule has 0 aromatic heterocycles. The Morgan fingerprint density at radius 3 is 1.81 bits per heavy atom. The summed E-state index contributed by atoms with van der Waals surface area (Å²) < 4.78 is 12.0. The molecule has 0 aliphatic rings. The van der Waals surface area contributed by atoms with Crippen LogP contribution in [0.25, 0.3) is 0 Å². The van der Waals surface area contributed by atoms with E-state index >= 15 is 0 Å². The highest BCUT2D eigenvalue weighted by Gasteiger charge is 2.33. The van der Waals surface area contributed by atoms with E-state index in [2.05, 4.69) is 0 Å². The SMILES string of the molecule is CC(=O)[C@@H](OCc1ccccc1)[C@@H](C)[C@@H](OCc1ccccc1)[C@H](C)C=O. The minimum atomic E-state index is -0.631. The van der Waals surface area contributed by atoms with E-state index in [1.807, 2.05) is 74.5 Å². The molecule has 2 rings (SSSR count). The Balaban J connectivity index is 2.07. The maximum absolute atomic E-state index is 12.2. The van der Waals surface area contributed by atoms with Gasteiger partial charge in [0.2, 0.25) is 0 Å². The number of hydrogen-bond donors (Lipinski definition) is 0. The van der Waals surface area contributed by atoms with E-state index < -0.39 is 12.2 Å². The van der Waals surface area contributed by atoms with Gasteiger partial charge in [0.15, 0.2) is 5.78 Å². The van der Waals surface area contributed by atoms with E-state index in [1.165, 1.54) is 6.92 Å². The van der Waals surface area contributed by atoms with Gasteiger partial charge in [-0.25, -0.2) is 0 Å². The van der Waals surface area contributed by atoms with Gasteiger partial charge in [-0.2, -0.15) is 0 Å². The average Bonchev–Trinajstić information content (AvgIpc) is 2.69. The summed E-state index contributed by atoms with van der Waals surface area (Å²) in [4.78, 5) is 23.7. The summed E-state index contributed by atoms with van der Waals surface area (Å²) in [7, 11) is 0. The highest BCUT2D eigenvalue weighted by Crippen LogP contribution is 2.24. The third-order valence-electron chi connectivity index (χ3n) is 4.69. The van der Waals surface area contributed by atoms with Crippen LogP contribution in [0.1, 0.15) is 31.9 Å². The Morgan fingerprint density at radius 1 is 0.889 bits per heavy atom. The monoisotopic (exact) mass is 368 g/mol. The Labute approximate surface area is 161 Å². The lowest BCUT2D eigenvalue weighted by Gasteiger charge is -2.32. The smallest absolute Gasteiger partial charge is 0.158 e. The molecule has 0 aliphatic carbocycles. The molecule has 0 fully saturated rings. The second kappa shape index (κ2) is 10.8. The zero-order chi connectivity index (χ0) is 19.6. The summed E-state index contributed by atoms with van der Waals surface area (Å²) in [6, 6.07) is 19.5. The van der Waals surface area contributed by atoms with Gasteiger partial charge in [-0.3, -0.25) is 4.79 Å². The van der Waals surface area contributed by atoms with E-state index in [1.54, 1.807) is 0 Å². The number of rotatable bonds is 11. The second-order valence-corrected chi connectivity index (χ2v) is 6.94. The predicted molar refractivity (Wildman–Crippen MR) is 105 cm³/mol. The van der Waals surface area contributed by atoms with E-state index in [9.17, 15) is 9.59 Å². The molecule has 4 heteroatoms. The number of Topliss-reactive ketones (excluding diaryl/α,β-unsaturated/α-hetero) is 1. The molecule has 2 aromatic rings. The van der Waals surface area contributed by atoms with Crippen molar-refractivity contribution in [1.82, 2.24) is 0 Å². The van der Waals surface area contributed by atoms with Crippen LogP contribution in [0.15, 0.2) is 60.7 Å². The van der Waals surface area contributed by atoms with Gasteiger partial charge in [-0.05, 0) is 18.1 Å². The Morgan fingerprint density at radius 2 is 1.37 bits per heavy atom. The van der Waals surface area contributed by atoms with Crippen molar-refractivity contribution in [2.24, 2.45) is 11.8 Å². The molecule has 0 heterocycles. The number of carbonyl (C=O) groups is 2. The molecule has 27 heavy (non-hydrogen) atoms. The lowest BCUT2D eigenvalue weighted by Crippen LogP contribution is -2.41. The number of benzene rings is 2. The van der Waals surface area contributed by atoms with E-state index in [0.717, 1.165) is 17.4 Å². The zero-order valence-corrected chi connectivity index (χ0v) is 16.2. The van der Waals surface area contributed by atoms with Crippen molar-refractivity contribution in [3.05, 3.63) is 71.8 Å². The predicted octanol–water partition coefficient (Wildman–Crippen LogP) is 4.22. The van der Waals surface area contributed by atoms with Gasteiger partial charge in [0, 0.05) is 11.8 Å². The van der Waals surface area contributed by atoms with Crippen LogP contribution in [-0.2, 0) is 32.3 Å². The summed E-state index contributed by atoms with van der Waals surface area (Å²) in [5, 5.41) is 0. The third-order valence-corrected chi connectivity index (χ3v) is 4.69. The summed E-state index contributed by atoms with van der Waals surface area (Å²) in [6.45, 7) is 5.97. The van der Waals surface area contributed by atoms with E-state index in [0.29, 0.717) is 13.2 Å². The molecule has 2 aromatic carbocycles. The fraction of sp³-hybridized carbons (Fsp3) is 0.391. The van der Waals surface area contributed by atoms with Crippen molar-refractivity contribution >= 4 is 12.1 Å². The fourth-order valence-corrected chi connectivity index (χ4v) is 3.20. The van der Waals surface area contributed by atoms with Crippen LogP contribution in [-0.4, -0.2) is 24.3 Å². The summed E-state index contributed by atoms with van der Waals surface area (Å²) >= 11 is 0. The fourth-order valence-electron chi connectivity index (χ4n) is 3.20. The summed E-state index contributed by atoms with van der Waals surface area (Å²) in [5.74, 6) is -0.661. The Hall–Kier alpha value is -2.30. The maximum atomic E-state index is 12.2. The molecule has 4 nitrogen and oxygen atoms in total. The van der Waals surface area contributed by atoms with Crippen LogP contribution >= 0.6 is 0 Å². The molecule has 144 valence electrons. The first-order valence-electron chi connectivity index (χ1n) is 9.29. The number of ketones is 1. The summed E-state index contributed by atoms with van der Waals surface area (Å²) in [6.07, 6.45) is -0.165. The molecule has 0 N–H and O–H groups in total. The highest BCUT2D eigenvalue weighted by atomic mass is 16.5. The van der Waals surface area contributed by atoms with Gasteiger partial charge in [0.1, 0.15) is 12.4 Å². The van der Waals surface area contributed by atoms with Gasteiger partial charge in [0.05, 0.1) is 19.3 Å². The molecule has 0 amide bonds. The van der Waals surface area contributed by atoms with Crippen molar-refractivity contribution < 1.29 is 19.1 Å². The Kier molecular flexibility index (Phi) is 8.37. The third kappa shape index (κ3) is 6.42. The molecule has 0 saturated heterocycles. The van der Waals surface area contributed by atoms with Crippen molar-refractivity contribution in [3.63, 3.8) is 0 Å². The molecule has 0 unspecified atom stereocenters. The van der Waals surface area contributed by atoms with Crippen LogP contribution in [0.5, 0.6) is 0 Å². The molecule has 0 bridgehead atoms. The van der Waals surface area contributed by atoms with E-state index in [-0.39, 0.29) is 17.6 Å². The van der Waals surface area contributed by atoms with Crippen molar-refractivity contribution in [3.8, 4) is 0 Å². The topological polar surface area (TPSA) is 52.6 Å². The first-order valence-corrected chi connectivity index (χ1v) is 9.29. The number of aldehydes is 1. The summed E-state index contributed by atoms with van der Waals surface area (Å²) in [5.41, 5.74) is 2.03. The molecular weight excluding hydrogens is 340 g/mol. The standard InChI is InChI=1S/C23H28O4/c1-17(14-24)22(26-15-20-10-6-4-7-11-20)18(2)23(19(3)25)27-16-21-12-8-5-9-13-21/h4-14,17-18,22-23H,15-16H2,1-3H3/t17-,18+,22+,23+/m1/s1. The minimum absolute atomic E-state index is 0.0650. The normalized spacial score (nSPS) is 15.5. The van der Waals surface area contributed by atoms with Crippen LogP contribution in [0.4, 0.5) is 0 Å². The van der Waals surface area contributed by atoms with Crippen LogP contribution in [0, 0.1) is 11.8 Å². The van der Waals surface area contributed by atoms with Crippen molar-refractivity contribution in [1.29, 1.82) is 0 Å². The van der Waals surface area contributed by atoms with Crippen LogP contribution < -0.4 is 0 Å². The lowest BCUT2D eigenvalue weighted by atomic mass is 9.88. The zero-order valence-electron chi connectivity index (χ0n) is 16.2. The van der Waals surface area contributed by atoms with Gasteiger partial charge in [0.25, 0.3) is 0 Å². The van der Waals surface area contributed by atoms with Gasteiger partial charge in [-0.1, -0.05) is 74.5 Å². The van der Waals surface area contributed by atoms with Gasteiger partial charge < -0.3 is 14.3 Å². The van der Waals surface area contributed by atoms with E-state index in [4.69, 9.17) is 9.47 Å². The molecule has 0 aliphatic heterocycles. The molecule has 0 saturated carbocycles. The van der Waals surface area contributed by atoms with Crippen LogP contribution in [0.2, 0.25) is 0 Å². The second-order valence-electron chi connectivity index (χ2n) is 6.94. The van der Waals surface area contributed by atoms with Gasteiger partial charge >= 0.3 is 0 Å². The largest absolute Gasteiger partial charge is 0.372 e. The first-order chi connectivity index (χ1) is 13.0. The number of hydrogen-bond acceptors (Lipinski definition) is 4. The van der Waals surface area contributed by atoms with Crippen LogP contribution in [0.3, 0.4) is 0 Å². The Bertz CT molecular complexity index is 699. The lowest BCUT2D eigenvalue weighted by molar-refractivity contribution is -0.143. The molecule has 0 radical (unpaired) electrons. The first kappa shape index (κ1) is 21.0. The molecule has 4 atom stereocenters. The maximum Gasteiger partial charge on any atom is 0.158 e. The van der Waals surface area contributed by atoms with Gasteiger partial charge in [-0.15, -0.1) is 0 Å². The highest BCUT2D eigenvalue weighted by molar-refractivity contribution is 5.80. The number of ether oxygens (including phenoxy) is 2. The quantitative estimate of drug-likeness (QED) is 0.557. The molecular formula is C23H28O4. The van der Waals surface area contributed by atoms with Crippen molar-refractivity contribution in [2.45, 2.75) is 46.2 Å². The van der Waals surface area contributed by atoms with Crippen molar-refractivity contribution in [2.75, 3.05) is 0 Å². The number of carbonyl (C=O) groups excluding carboxylic acids is 2. The minimum Gasteiger partial charge on any atom is -0.372 e. The average molecular weight is 368 g/mol. The molecule has 0 spiro atoms.